The van der Waals surface area contributed by atoms with Crippen LogP contribution < -0.4 is 0 Å². The van der Waals surface area contributed by atoms with Gasteiger partial charge in [0.25, 0.3) is 12.3 Å². The van der Waals surface area contributed by atoms with E-state index >= 15 is 0 Å². The summed E-state index contributed by atoms with van der Waals surface area (Å²) < 4.78 is 30.2. The Kier molecular flexibility index (Phi) is 4.14. The third-order valence-corrected chi connectivity index (χ3v) is 3.42. The van der Waals surface area contributed by atoms with E-state index in [2.05, 4.69) is 0 Å². The Balaban J connectivity index is 2.12. The van der Waals surface area contributed by atoms with Crippen molar-refractivity contribution in [1.82, 2.24) is 4.90 Å². The maximum atomic E-state index is 12.6. The van der Waals surface area contributed by atoms with E-state index in [0.29, 0.717) is 12.1 Å². The highest BCUT2D eigenvalue weighted by Crippen LogP contribution is 2.17. The fourth-order valence-electron chi connectivity index (χ4n) is 2.07. The number of rotatable bonds is 2. The number of carbonyl (C=O) groups excluding carboxylic acids is 1. The standard InChI is InChI=1S/C14H17F2NO2/c1-9-3-4-11(7-10(9)2)14(18)17-5-6-19-12(8-17)13(15)16/h3-4,7,12-13H,5-6,8H2,1-2H3/t12-/m0/s1. The molecule has 0 saturated carbocycles. The molecule has 0 aliphatic carbocycles. The second-order valence-corrected chi connectivity index (χ2v) is 4.79. The van der Waals surface area contributed by atoms with Crippen LogP contribution >= 0.6 is 0 Å². The van der Waals surface area contributed by atoms with Gasteiger partial charge in [0.15, 0.2) is 0 Å². The highest BCUT2D eigenvalue weighted by atomic mass is 19.3. The van der Waals surface area contributed by atoms with Crippen LogP contribution in [0.15, 0.2) is 18.2 Å². The van der Waals surface area contributed by atoms with Crippen LogP contribution in [0.5, 0.6) is 0 Å². The highest BCUT2D eigenvalue weighted by Gasteiger charge is 2.30. The van der Waals surface area contributed by atoms with Crippen molar-refractivity contribution < 1.29 is 18.3 Å². The lowest BCUT2D eigenvalue weighted by molar-refractivity contribution is -0.0942. The zero-order valence-corrected chi connectivity index (χ0v) is 11.0. The molecule has 3 nitrogen and oxygen atoms in total. The molecule has 1 fully saturated rings. The first kappa shape index (κ1) is 13.9. The summed E-state index contributed by atoms with van der Waals surface area (Å²) in [7, 11) is 0. The van der Waals surface area contributed by atoms with Crippen molar-refractivity contribution in [1.29, 1.82) is 0 Å². The van der Waals surface area contributed by atoms with Crippen molar-refractivity contribution in [2.75, 3.05) is 19.7 Å². The number of benzene rings is 1. The van der Waals surface area contributed by atoms with Gasteiger partial charge < -0.3 is 9.64 Å². The maximum Gasteiger partial charge on any atom is 0.266 e. The molecule has 0 bridgehead atoms. The van der Waals surface area contributed by atoms with Crippen molar-refractivity contribution in [2.45, 2.75) is 26.4 Å². The molecule has 1 saturated heterocycles. The molecule has 19 heavy (non-hydrogen) atoms. The number of morpholine rings is 1. The molecule has 1 amide bonds. The summed E-state index contributed by atoms with van der Waals surface area (Å²) in [5.74, 6) is -0.211. The molecule has 0 aromatic heterocycles. The molecule has 0 N–H and O–H groups in total. The van der Waals surface area contributed by atoms with Crippen LogP contribution in [0, 0.1) is 13.8 Å². The second-order valence-electron chi connectivity index (χ2n) is 4.79. The minimum Gasteiger partial charge on any atom is -0.369 e. The molecule has 1 aliphatic heterocycles. The minimum absolute atomic E-state index is 0.0522. The van der Waals surface area contributed by atoms with Crippen LogP contribution in [-0.4, -0.2) is 43.0 Å². The molecule has 1 heterocycles. The van der Waals surface area contributed by atoms with Crippen LogP contribution in [-0.2, 0) is 4.74 Å². The summed E-state index contributed by atoms with van der Waals surface area (Å²) in [5.41, 5.74) is 2.66. The largest absolute Gasteiger partial charge is 0.369 e. The van der Waals surface area contributed by atoms with Crippen LogP contribution in [0.25, 0.3) is 0 Å². The van der Waals surface area contributed by atoms with Gasteiger partial charge in [0.05, 0.1) is 13.2 Å². The van der Waals surface area contributed by atoms with Gasteiger partial charge in [-0.25, -0.2) is 8.78 Å². The fraction of sp³-hybridized carbons (Fsp3) is 0.500. The quantitative estimate of drug-likeness (QED) is 0.825. The van der Waals surface area contributed by atoms with E-state index in [4.69, 9.17) is 4.74 Å². The Morgan fingerprint density at radius 1 is 1.37 bits per heavy atom. The van der Waals surface area contributed by atoms with Gasteiger partial charge in [0.1, 0.15) is 6.10 Å². The van der Waals surface area contributed by atoms with Crippen LogP contribution in [0.1, 0.15) is 21.5 Å². The van der Waals surface area contributed by atoms with Crippen molar-refractivity contribution in [3.8, 4) is 0 Å². The monoisotopic (exact) mass is 269 g/mol. The molecular formula is C14H17F2NO2. The number of amides is 1. The third-order valence-electron chi connectivity index (χ3n) is 3.42. The molecule has 0 radical (unpaired) electrons. The number of carbonyl (C=O) groups is 1. The Hall–Kier alpha value is -1.49. The molecular weight excluding hydrogens is 252 g/mol. The smallest absolute Gasteiger partial charge is 0.266 e. The van der Waals surface area contributed by atoms with Crippen molar-refractivity contribution >= 4 is 5.91 Å². The molecule has 0 unspecified atom stereocenters. The number of ether oxygens (including phenoxy) is 1. The Morgan fingerprint density at radius 3 is 2.74 bits per heavy atom. The molecule has 1 aromatic rings. The summed E-state index contributed by atoms with van der Waals surface area (Å²) in [6, 6.07) is 5.40. The molecule has 5 heteroatoms. The van der Waals surface area contributed by atoms with Crippen molar-refractivity contribution in [3.63, 3.8) is 0 Å². The van der Waals surface area contributed by atoms with Crippen molar-refractivity contribution in [2.24, 2.45) is 0 Å². The summed E-state index contributed by atoms with van der Waals surface area (Å²) in [4.78, 5) is 13.7. The minimum atomic E-state index is -2.56. The van der Waals surface area contributed by atoms with Gasteiger partial charge in [-0.05, 0) is 37.1 Å². The summed E-state index contributed by atoms with van der Waals surface area (Å²) in [5, 5.41) is 0. The zero-order chi connectivity index (χ0) is 14.0. The summed E-state index contributed by atoms with van der Waals surface area (Å²) >= 11 is 0. The second kappa shape index (κ2) is 5.65. The van der Waals surface area contributed by atoms with E-state index in [0.717, 1.165) is 11.1 Å². The van der Waals surface area contributed by atoms with Gasteiger partial charge >= 0.3 is 0 Å². The van der Waals surface area contributed by atoms with Gasteiger partial charge in [-0.3, -0.25) is 4.79 Å². The Morgan fingerprint density at radius 2 is 2.11 bits per heavy atom. The molecule has 1 atom stereocenters. The van der Waals surface area contributed by atoms with Crippen molar-refractivity contribution in [3.05, 3.63) is 34.9 Å². The highest BCUT2D eigenvalue weighted by molar-refractivity contribution is 5.94. The first-order valence-corrected chi connectivity index (χ1v) is 6.25. The molecule has 1 aliphatic rings. The Bertz CT molecular complexity index is 477. The first-order chi connectivity index (χ1) is 8.99. The molecule has 1 aromatic carbocycles. The summed E-state index contributed by atoms with van der Waals surface area (Å²) in [6.07, 6.45) is -3.74. The van der Waals surface area contributed by atoms with Crippen LogP contribution in [0.4, 0.5) is 8.78 Å². The SMILES string of the molecule is Cc1ccc(C(=O)N2CCO[C@H](C(F)F)C2)cc1C. The van der Waals surface area contributed by atoms with Crippen LogP contribution in [0.2, 0.25) is 0 Å². The summed E-state index contributed by atoms with van der Waals surface area (Å²) in [6.45, 7) is 4.35. The van der Waals surface area contributed by atoms with Crippen LogP contribution in [0.3, 0.4) is 0 Å². The average molecular weight is 269 g/mol. The number of hydrogen-bond donors (Lipinski definition) is 0. The molecule has 104 valence electrons. The predicted octanol–water partition coefficient (Wildman–Crippen LogP) is 2.41. The lowest BCUT2D eigenvalue weighted by Gasteiger charge is -2.32. The van der Waals surface area contributed by atoms with Gasteiger partial charge in [0, 0.05) is 12.1 Å². The number of nitrogens with zero attached hydrogens (tertiary/aromatic N) is 1. The number of aryl methyl sites for hydroxylation is 2. The van der Waals surface area contributed by atoms with Gasteiger partial charge in [0.2, 0.25) is 0 Å². The van der Waals surface area contributed by atoms with E-state index in [1.54, 1.807) is 12.1 Å². The topological polar surface area (TPSA) is 29.5 Å². The zero-order valence-electron chi connectivity index (χ0n) is 11.0. The predicted molar refractivity (Wildman–Crippen MR) is 67.6 cm³/mol. The van der Waals surface area contributed by atoms with E-state index in [1.807, 2.05) is 19.9 Å². The first-order valence-electron chi connectivity index (χ1n) is 6.25. The van der Waals surface area contributed by atoms with Gasteiger partial charge in [-0.1, -0.05) is 6.07 Å². The molecule has 2 rings (SSSR count). The van der Waals surface area contributed by atoms with E-state index in [9.17, 15) is 13.6 Å². The van der Waals surface area contributed by atoms with E-state index in [-0.39, 0.29) is 19.1 Å². The average Bonchev–Trinajstić information content (AvgIpc) is 2.41. The van der Waals surface area contributed by atoms with Gasteiger partial charge in [-0.2, -0.15) is 0 Å². The van der Waals surface area contributed by atoms with Gasteiger partial charge in [-0.15, -0.1) is 0 Å². The van der Waals surface area contributed by atoms with E-state index < -0.39 is 12.5 Å². The van der Waals surface area contributed by atoms with E-state index in [1.165, 1.54) is 4.90 Å². The molecule has 0 spiro atoms. The normalized spacial score (nSPS) is 19.8. The third kappa shape index (κ3) is 3.10. The Labute approximate surface area is 111 Å². The fourth-order valence-corrected chi connectivity index (χ4v) is 2.07. The lowest BCUT2D eigenvalue weighted by Crippen LogP contribution is -2.48. The number of halogens is 2. The number of alkyl halides is 2. The lowest BCUT2D eigenvalue weighted by atomic mass is 10.1. The maximum absolute atomic E-state index is 12.6. The number of hydrogen-bond acceptors (Lipinski definition) is 2.